The van der Waals surface area contributed by atoms with Crippen molar-refractivity contribution >= 4 is 29.1 Å². The minimum Gasteiger partial charge on any atom is -0.344 e. The van der Waals surface area contributed by atoms with Crippen molar-refractivity contribution in [2.45, 2.75) is 39.2 Å². The lowest BCUT2D eigenvalue weighted by Crippen LogP contribution is -3.14. The number of rotatable bonds is 8. The minimum atomic E-state index is -0.153. The third-order valence-electron chi connectivity index (χ3n) is 5.51. The van der Waals surface area contributed by atoms with Gasteiger partial charge in [-0.1, -0.05) is 24.3 Å². The molecule has 2 atom stereocenters. The molecule has 0 spiro atoms. The van der Waals surface area contributed by atoms with Crippen molar-refractivity contribution in [3.63, 3.8) is 0 Å². The fourth-order valence-corrected chi connectivity index (χ4v) is 3.96. The molecule has 7 heteroatoms. The Morgan fingerprint density at radius 3 is 2.26 bits per heavy atom. The molecule has 1 aliphatic rings. The molecule has 0 saturated heterocycles. The number of quaternary nitrogens is 1. The van der Waals surface area contributed by atoms with E-state index in [1.54, 1.807) is 24.3 Å². The van der Waals surface area contributed by atoms with Gasteiger partial charge < -0.3 is 20.9 Å². The first-order valence-corrected chi connectivity index (χ1v) is 10.8. The van der Waals surface area contributed by atoms with Crippen molar-refractivity contribution < 1.29 is 19.3 Å². The first-order chi connectivity index (χ1) is 14.9. The molecule has 0 aliphatic heterocycles. The normalized spacial score (nSPS) is 16.0. The van der Waals surface area contributed by atoms with Gasteiger partial charge in [-0.3, -0.25) is 14.4 Å². The molecule has 0 aromatic heterocycles. The number of nitrogens with one attached hydrogen (secondary N) is 4. The maximum absolute atomic E-state index is 12.7. The summed E-state index contributed by atoms with van der Waals surface area (Å²) in [5.74, 6) is -0.333. The topological polar surface area (TPSA) is 91.7 Å². The second-order valence-electron chi connectivity index (χ2n) is 7.97. The van der Waals surface area contributed by atoms with Gasteiger partial charge in [0.25, 0.3) is 11.8 Å². The predicted molar refractivity (Wildman–Crippen MR) is 121 cm³/mol. The number of fused-ring (bicyclic) bond motifs is 1. The van der Waals surface area contributed by atoms with Crippen LogP contribution < -0.4 is 20.9 Å². The molecule has 164 valence electrons. The summed E-state index contributed by atoms with van der Waals surface area (Å²) in [6, 6.07) is 15.3. The largest absolute Gasteiger partial charge is 0.344 e. The Morgan fingerprint density at radius 2 is 1.58 bits per heavy atom. The van der Waals surface area contributed by atoms with Gasteiger partial charge >= 0.3 is 0 Å². The molecule has 0 bridgehead atoms. The summed E-state index contributed by atoms with van der Waals surface area (Å²) >= 11 is 0. The molecule has 0 fully saturated rings. The number of anilines is 2. The van der Waals surface area contributed by atoms with Crippen LogP contribution in [0.15, 0.2) is 48.5 Å². The Morgan fingerprint density at radius 1 is 0.935 bits per heavy atom. The Bertz CT molecular complexity index is 927. The summed E-state index contributed by atoms with van der Waals surface area (Å²) in [6.45, 7) is 4.54. The van der Waals surface area contributed by atoms with Crippen LogP contribution in [0.5, 0.6) is 0 Å². The van der Waals surface area contributed by atoms with Crippen molar-refractivity contribution in [1.82, 2.24) is 5.32 Å². The molecule has 31 heavy (non-hydrogen) atoms. The summed E-state index contributed by atoms with van der Waals surface area (Å²) in [5.41, 5.74) is 3.84. The maximum atomic E-state index is 12.7. The van der Waals surface area contributed by atoms with Crippen LogP contribution in [0.2, 0.25) is 0 Å². The van der Waals surface area contributed by atoms with Gasteiger partial charge in [0.2, 0.25) is 5.91 Å². The van der Waals surface area contributed by atoms with Crippen molar-refractivity contribution in [3.8, 4) is 0 Å². The fraction of sp³-hybridized carbons (Fsp3) is 0.375. The summed E-state index contributed by atoms with van der Waals surface area (Å²) in [5, 5.41) is 8.70. The van der Waals surface area contributed by atoms with E-state index in [9.17, 15) is 14.4 Å². The van der Waals surface area contributed by atoms with Gasteiger partial charge in [0, 0.05) is 18.3 Å². The number of aryl methyl sites for hydroxylation is 1. The van der Waals surface area contributed by atoms with Crippen LogP contribution >= 0.6 is 0 Å². The average Bonchev–Trinajstić information content (AvgIpc) is 2.74. The van der Waals surface area contributed by atoms with Crippen molar-refractivity contribution in [2.24, 2.45) is 0 Å². The molecule has 0 saturated carbocycles. The Balaban J connectivity index is 1.50. The third kappa shape index (κ3) is 6.65. The minimum absolute atomic E-state index is 0.0361. The molecular formula is C24H31N4O3+. The highest BCUT2D eigenvalue weighted by atomic mass is 16.2. The SMILES string of the molecule is CC[NH+](CC(=O)Nc1ccc(NC(C)=O)cc1)CC(=O)N[C@@H]1CCCc2ccccc21. The van der Waals surface area contributed by atoms with Gasteiger partial charge in [-0.15, -0.1) is 0 Å². The van der Waals surface area contributed by atoms with Gasteiger partial charge in [0.15, 0.2) is 13.1 Å². The lowest BCUT2D eigenvalue weighted by molar-refractivity contribution is -0.881. The number of carbonyl (C=O) groups is 3. The molecule has 0 radical (unpaired) electrons. The summed E-state index contributed by atoms with van der Waals surface area (Å²) < 4.78 is 0. The van der Waals surface area contributed by atoms with Crippen LogP contribution in [0.1, 0.15) is 43.9 Å². The van der Waals surface area contributed by atoms with Gasteiger partial charge in [0.1, 0.15) is 0 Å². The van der Waals surface area contributed by atoms with Gasteiger partial charge in [-0.2, -0.15) is 0 Å². The lowest BCUT2D eigenvalue weighted by atomic mass is 9.88. The van der Waals surface area contributed by atoms with E-state index < -0.39 is 0 Å². The molecule has 1 unspecified atom stereocenters. The quantitative estimate of drug-likeness (QED) is 0.521. The van der Waals surface area contributed by atoms with Crippen molar-refractivity contribution in [2.75, 3.05) is 30.3 Å². The van der Waals surface area contributed by atoms with Crippen LogP contribution in [0, 0.1) is 0 Å². The number of likely N-dealkylation sites (N-methyl/N-ethyl adjacent to an activating group) is 1. The molecule has 2 aromatic rings. The van der Waals surface area contributed by atoms with Crippen LogP contribution in [-0.4, -0.2) is 37.4 Å². The monoisotopic (exact) mass is 423 g/mol. The van der Waals surface area contributed by atoms with Crippen LogP contribution in [0.3, 0.4) is 0 Å². The van der Waals surface area contributed by atoms with E-state index in [0.717, 1.165) is 24.2 Å². The Labute approximate surface area is 183 Å². The maximum Gasteiger partial charge on any atom is 0.279 e. The van der Waals surface area contributed by atoms with Gasteiger partial charge in [0.05, 0.1) is 12.6 Å². The molecular weight excluding hydrogens is 392 g/mol. The second kappa shape index (κ2) is 10.7. The molecule has 1 aliphatic carbocycles. The molecule has 3 rings (SSSR count). The average molecular weight is 424 g/mol. The number of benzene rings is 2. The number of amides is 3. The van der Waals surface area contributed by atoms with Crippen LogP contribution in [0.25, 0.3) is 0 Å². The van der Waals surface area contributed by atoms with E-state index in [1.165, 1.54) is 18.1 Å². The zero-order valence-electron chi connectivity index (χ0n) is 18.2. The summed E-state index contributed by atoms with van der Waals surface area (Å²) in [7, 11) is 0. The lowest BCUT2D eigenvalue weighted by Gasteiger charge is -2.27. The number of hydrogen-bond acceptors (Lipinski definition) is 3. The summed E-state index contributed by atoms with van der Waals surface area (Å²) in [6.07, 6.45) is 3.06. The number of carbonyl (C=O) groups excluding carboxylic acids is 3. The standard InChI is InChI=1S/C24H30N4O3/c1-3-28(15-23(30)26-20-13-11-19(12-14-20)25-17(2)29)16-24(31)27-22-10-6-8-18-7-4-5-9-21(18)22/h4-5,7,9,11-14,22H,3,6,8,10,15-16H2,1-2H3,(H,25,29)(H,26,30)(H,27,31)/p+1/t22-/m1/s1. The molecule has 2 aromatic carbocycles. The smallest absolute Gasteiger partial charge is 0.279 e. The summed E-state index contributed by atoms with van der Waals surface area (Å²) in [4.78, 5) is 37.1. The number of hydrogen-bond donors (Lipinski definition) is 4. The second-order valence-corrected chi connectivity index (χ2v) is 7.97. The first-order valence-electron chi connectivity index (χ1n) is 10.8. The van der Waals surface area contributed by atoms with E-state index >= 15 is 0 Å². The van der Waals surface area contributed by atoms with E-state index in [-0.39, 0.29) is 36.9 Å². The predicted octanol–water partition coefficient (Wildman–Crippen LogP) is 1.68. The first kappa shape index (κ1) is 22.5. The van der Waals surface area contributed by atoms with Crippen LogP contribution in [-0.2, 0) is 20.8 Å². The fourth-order valence-electron chi connectivity index (χ4n) is 3.96. The highest BCUT2D eigenvalue weighted by Gasteiger charge is 2.23. The van der Waals surface area contributed by atoms with E-state index in [0.29, 0.717) is 17.9 Å². The van der Waals surface area contributed by atoms with E-state index in [1.807, 2.05) is 19.1 Å². The van der Waals surface area contributed by atoms with Crippen LogP contribution in [0.4, 0.5) is 11.4 Å². The van der Waals surface area contributed by atoms with Gasteiger partial charge in [-0.25, -0.2) is 0 Å². The Kier molecular flexibility index (Phi) is 7.78. The molecule has 3 amide bonds. The van der Waals surface area contributed by atoms with E-state index in [4.69, 9.17) is 0 Å². The third-order valence-corrected chi connectivity index (χ3v) is 5.51. The van der Waals surface area contributed by atoms with E-state index in [2.05, 4.69) is 28.1 Å². The van der Waals surface area contributed by atoms with Crippen molar-refractivity contribution in [3.05, 3.63) is 59.7 Å². The zero-order chi connectivity index (χ0) is 22.2. The molecule has 4 N–H and O–H groups in total. The highest BCUT2D eigenvalue weighted by Crippen LogP contribution is 2.29. The molecule has 7 nitrogen and oxygen atoms in total. The zero-order valence-corrected chi connectivity index (χ0v) is 18.2. The Hall–Kier alpha value is -3.19. The van der Waals surface area contributed by atoms with Gasteiger partial charge in [-0.05, 0) is 61.6 Å². The highest BCUT2D eigenvalue weighted by molar-refractivity contribution is 5.92. The molecule has 0 heterocycles. The van der Waals surface area contributed by atoms with Crippen molar-refractivity contribution in [1.29, 1.82) is 0 Å².